The fourth-order valence-corrected chi connectivity index (χ4v) is 4.06. The molecule has 6 heteroatoms. The Morgan fingerprint density at radius 3 is 2.72 bits per heavy atom. The summed E-state index contributed by atoms with van der Waals surface area (Å²) in [4.78, 5) is 18.4. The molecule has 5 nitrogen and oxygen atoms in total. The number of oxazole rings is 1. The summed E-state index contributed by atoms with van der Waals surface area (Å²) in [6.45, 7) is 0.496. The topological polar surface area (TPSA) is 59.5 Å². The fraction of sp³-hybridized carbons (Fsp3) is 0.0435. The number of pyridine rings is 1. The van der Waals surface area contributed by atoms with Gasteiger partial charge in [0.2, 0.25) is 0 Å². The van der Waals surface area contributed by atoms with Crippen LogP contribution >= 0.6 is 11.3 Å². The van der Waals surface area contributed by atoms with Crippen molar-refractivity contribution in [2.45, 2.75) is 6.54 Å². The van der Waals surface area contributed by atoms with Gasteiger partial charge in [-0.15, -0.1) is 11.3 Å². The molecule has 1 aromatic carbocycles. The average Bonchev–Trinajstić information content (AvgIpc) is 3.52. The Bertz CT molecular complexity index is 1260. The van der Waals surface area contributed by atoms with Gasteiger partial charge in [-0.05, 0) is 34.7 Å². The number of carbonyl (C=O) groups excluding carboxylic acids is 1. The number of thiophene rings is 1. The molecule has 0 aliphatic rings. The molecule has 5 rings (SSSR count). The predicted octanol–water partition coefficient (Wildman–Crippen LogP) is 5.25. The predicted molar refractivity (Wildman–Crippen MR) is 114 cm³/mol. The Morgan fingerprint density at radius 1 is 1.07 bits per heavy atom. The van der Waals surface area contributed by atoms with Crippen LogP contribution in [0.5, 0.6) is 0 Å². The van der Waals surface area contributed by atoms with Crippen molar-refractivity contribution in [1.82, 2.24) is 14.7 Å². The molecular formula is C23H17N3O2S. The van der Waals surface area contributed by atoms with E-state index in [4.69, 9.17) is 4.42 Å². The highest BCUT2D eigenvalue weighted by molar-refractivity contribution is 7.09. The zero-order chi connectivity index (χ0) is 19.6. The normalized spacial score (nSPS) is 11.0. The third kappa shape index (κ3) is 3.34. The first-order valence-electron chi connectivity index (χ1n) is 9.19. The molecule has 0 unspecified atom stereocenters. The Kier molecular flexibility index (Phi) is 4.46. The Morgan fingerprint density at radius 2 is 1.97 bits per heavy atom. The van der Waals surface area contributed by atoms with E-state index in [1.54, 1.807) is 17.6 Å². The summed E-state index contributed by atoms with van der Waals surface area (Å²) in [6.07, 6.45) is 4.97. The lowest BCUT2D eigenvalue weighted by molar-refractivity contribution is 0.0952. The van der Waals surface area contributed by atoms with Crippen molar-refractivity contribution in [2.24, 2.45) is 0 Å². The van der Waals surface area contributed by atoms with Crippen LogP contribution in [0.25, 0.3) is 28.0 Å². The molecule has 0 saturated carbocycles. The van der Waals surface area contributed by atoms with Crippen molar-refractivity contribution in [3.63, 3.8) is 0 Å². The molecule has 142 valence electrons. The fourth-order valence-electron chi connectivity index (χ4n) is 3.41. The van der Waals surface area contributed by atoms with E-state index < -0.39 is 0 Å². The van der Waals surface area contributed by atoms with E-state index in [0.29, 0.717) is 17.8 Å². The monoisotopic (exact) mass is 399 g/mol. The highest BCUT2D eigenvalue weighted by Gasteiger charge is 2.20. The van der Waals surface area contributed by atoms with Gasteiger partial charge < -0.3 is 14.1 Å². The molecule has 5 aromatic rings. The Hall–Kier alpha value is -3.64. The minimum absolute atomic E-state index is 0.138. The van der Waals surface area contributed by atoms with Crippen molar-refractivity contribution in [2.75, 3.05) is 0 Å². The first kappa shape index (κ1) is 17.5. The van der Waals surface area contributed by atoms with Crippen LogP contribution < -0.4 is 5.32 Å². The van der Waals surface area contributed by atoms with Gasteiger partial charge in [-0.25, -0.2) is 4.98 Å². The maximum atomic E-state index is 13.0. The molecule has 0 bridgehead atoms. The number of carbonyl (C=O) groups is 1. The number of nitrogens with one attached hydrogen (secondary N) is 1. The van der Waals surface area contributed by atoms with E-state index >= 15 is 0 Å². The van der Waals surface area contributed by atoms with Gasteiger partial charge in [-0.3, -0.25) is 4.79 Å². The summed E-state index contributed by atoms with van der Waals surface area (Å²) in [5.41, 5.74) is 5.00. The molecule has 0 aliphatic heterocycles. The summed E-state index contributed by atoms with van der Waals surface area (Å²) in [5.74, 6) is -0.138. The van der Waals surface area contributed by atoms with E-state index in [1.807, 2.05) is 58.4 Å². The smallest absolute Gasteiger partial charge is 0.253 e. The molecule has 1 N–H and O–H groups in total. The lowest BCUT2D eigenvalue weighted by Gasteiger charge is -2.07. The summed E-state index contributed by atoms with van der Waals surface area (Å²) in [6, 6.07) is 20.1. The van der Waals surface area contributed by atoms with E-state index in [-0.39, 0.29) is 5.91 Å². The average molecular weight is 399 g/mol. The summed E-state index contributed by atoms with van der Waals surface area (Å²) in [5, 5.41) is 5.01. The van der Waals surface area contributed by atoms with Crippen molar-refractivity contribution < 1.29 is 9.21 Å². The SMILES string of the molecule is O=C(NCc1cccs1)c1cc2ccc(-c3ccccc3)cn2c1-c1cocn1. The highest BCUT2D eigenvalue weighted by Crippen LogP contribution is 2.29. The van der Waals surface area contributed by atoms with Crippen LogP contribution in [-0.2, 0) is 6.54 Å². The van der Waals surface area contributed by atoms with Crippen LogP contribution in [-0.4, -0.2) is 15.3 Å². The van der Waals surface area contributed by atoms with Crippen LogP contribution in [0.15, 0.2) is 89.3 Å². The van der Waals surface area contributed by atoms with Gasteiger partial charge in [0.25, 0.3) is 5.91 Å². The second-order valence-corrected chi connectivity index (χ2v) is 7.65. The Balaban J connectivity index is 1.60. The number of hydrogen-bond donors (Lipinski definition) is 1. The van der Waals surface area contributed by atoms with E-state index in [0.717, 1.165) is 27.2 Å². The van der Waals surface area contributed by atoms with E-state index in [9.17, 15) is 4.79 Å². The first-order valence-corrected chi connectivity index (χ1v) is 10.1. The first-order chi connectivity index (χ1) is 14.3. The summed E-state index contributed by atoms with van der Waals surface area (Å²) in [7, 11) is 0. The van der Waals surface area contributed by atoms with Gasteiger partial charge in [0.1, 0.15) is 12.0 Å². The van der Waals surface area contributed by atoms with Crippen molar-refractivity contribution in [3.8, 4) is 22.5 Å². The van der Waals surface area contributed by atoms with Crippen molar-refractivity contribution in [3.05, 3.63) is 95.3 Å². The molecule has 1 amide bonds. The molecule has 0 radical (unpaired) electrons. The number of amides is 1. The van der Waals surface area contributed by atoms with Gasteiger partial charge >= 0.3 is 0 Å². The third-order valence-corrected chi connectivity index (χ3v) is 5.67. The number of hydrogen-bond acceptors (Lipinski definition) is 4. The zero-order valence-corrected chi connectivity index (χ0v) is 16.2. The number of benzene rings is 1. The standard InChI is InChI=1S/C23H17N3O2S/c27-23(24-12-19-7-4-10-29-19)20-11-18-9-8-17(16-5-2-1-3-6-16)13-26(18)22(20)21-14-28-15-25-21/h1-11,13-15H,12H2,(H,24,27). The maximum Gasteiger partial charge on any atom is 0.253 e. The van der Waals surface area contributed by atoms with Gasteiger partial charge in [-0.1, -0.05) is 42.5 Å². The number of aromatic nitrogens is 2. The van der Waals surface area contributed by atoms with Gasteiger partial charge in [0, 0.05) is 16.6 Å². The molecular weight excluding hydrogens is 382 g/mol. The summed E-state index contributed by atoms with van der Waals surface area (Å²) >= 11 is 1.62. The number of nitrogens with zero attached hydrogens (tertiary/aromatic N) is 2. The molecule has 4 aromatic heterocycles. The largest absolute Gasteiger partial charge is 0.451 e. The molecule has 0 saturated heterocycles. The molecule has 0 spiro atoms. The number of fused-ring (bicyclic) bond motifs is 1. The number of rotatable bonds is 5. The minimum Gasteiger partial charge on any atom is -0.451 e. The van der Waals surface area contributed by atoms with Crippen molar-refractivity contribution in [1.29, 1.82) is 0 Å². The molecule has 29 heavy (non-hydrogen) atoms. The van der Waals surface area contributed by atoms with Gasteiger partial charge in [0.05, 0.1) is 17.8 Å². The van der Waals surface area contributed by atoms with Crippen LogP contribution in [0.3, 0.4) is 0 Å². The second kappa shape index (κ2) is 7.41. The zero-order valence-electron chi connectivity index (χ0n) is 15.4. The third-order valence-electron chi connectivity index (χ3n) is 4.80. The van der Waals surface area contributed by atoms with Crippen LogP contribution in [0.1, 0.15) is 15.2 Å². The van der Waals surface area contributed by atoms with Gasteiger partial charge in [-0.2, -0.15) is 0 Å². The van der Waals surface area contributed by atoms with E-state index in [1.165, 1.54) is 6.39 Å². The molecule has 0 aliphatic carbocycles. The minimum atomic E-state index is -0.138. The van der Waals surface area contributed by atoms with Gasteiger partial charge in [0.15, 0.2) is 6.39 Å². The van der Waals surface area contributed by atoms with Crippen LogP contribution in [0.4, 0.5) is 0 Å². The van der Waals surface area contributed by atoms with Crippen molar-refractivity contribution >= 4 is 22.8 Å². The Labute approximate surface area is 171 Å². The highest BCUT2D eigenvalue weighted by atomic mass is 32.1. The quantitative estimate of drug-likeness (QED) is 0.439. The summed E-state index contributed by atoms with van der Waals surface area (Å²) < 4.78 is 7.20. The lowest BCUT2D eigenvalue weighted by atomic mass is 10.1. The molecule has 0 fully saturated rings. The maximum absolute atomic E-state index is 13.0. The lowest BCUT2D eigenvalue weighted by Crippen LogP contribution is -2.22. The second-order valence-electron chi connectivity index (χ2n) is 6.62. The molecule has 0 atom stereocenters. The van der Waals surface area contributed by atoms with Crippen LogP contribution in [0, 0.1) is 0 Å². The van der Waals surface area contributed by atoms with E-state index in [2.05, 4.69) is 28.5 Å². The van der Waals surface area contributed by atoms with Crippen LogP contribution in [0.2, 0.25) is 0 Å². The molecule has 4 heterocycles.